The Labute approximate surface area is 44.4 Å². The number of hydrogen-bond donors (Lipinski definition) is 1. The second kappa shape index (κ2) is 2.12. The van der Waals surface area contributed by atoms with Gasteiger partial charge < -0.3 is 5.32 Å². The smallest absolute Gasteiger partial charge is 0.00145 e. The first-order chi connectivity index (χ1) is 3.43. The maximum absolute atomic E-state index is 3.70. The van der Waals surface area contributed by atoms with Crippen molar-refractivity contribution in [2.75, 3.05) is 13.1 Å². The molecule has 0 aromatic heterocycles. The summed E-state index contributed by atoms with van der Waals surface area (Å²) < 4.78 is 0. The summed E-state index contributed by atoms with van der Waals surface area (Å²) in [6.07, 6.45) is 3.31. The first-order valence-corrected chi connectivity index (χ1v) is 2.77. The van der Waals surface area contributed by atoms with Gasteiger partial charge in [-0.05, 0) is 18.9 Å². The van der Waals surface area contributed by atoms with E-state index in [4.69, 9.17) is 0 Å². The molecule has 0 radical (unpaired) electrons. The summed E-state index contributed by atoms with van der Waals surface area (Å²) in [5.74, 6) is 0.750. The highest BCUT2D eigenvalue weighted by Gasteiger charge is 2.08. The molecular formula is C6H11N. The van der Waals surface area contributed by atoms with Crippen LogP contribution in [0, 0.1) is 5.92 Å². The Hall–Kier alpha value is -0.300. The molecular weight excluding hydrogens is 86.1 g/mol. The van der Waals surface area contributed by atoms with Crippen molar-refractivity contribution >= 4 is 0 Å². The summed E-state index contributed by atoms with van der Waals surface area (Å²) in [4.78, 5) is 0. The second-order valence-electron chi connectivity index (χ2n) is 1.99. The van der Waals surface area contributed by atoms with Crippen molar-refractivity contribution in [1.29, 1.82) is 0 Å². The lowest BCUT2D eigenvalue weighted by molar-refractivity contribution is 0.730. The van der Waals surface area contributed by atoms with E-state index in [9.17, 15) is 0 Å². The molecule has 1 aliphatic rings. The Morgan fingerprint density at radius 2 is 2.57 bits per heavy atom. The van der Waals surface area contributed by atoms with Crippen LogP contribution in [0.15, 0.2) is 12.7 Å². The van der Waals surface area contributed by atoms with E-state index in [0.717, 1.165) is 12.5 Å². The van der Waals surface area contributed by atoms with E-state index >= 15 is 0 Å². The molecule has 1 nitrogen and oxygen atoms in total. The van der Waals surface area contributed by atoms with Crippen LogP contribution in [0.25, 0.3) is 0 Å². The Balaban J connectivity index is 2.26. The van der Waals surface area contributed by atoms with Gasteiger partial charge >= 0.3 is 0 Å². The first kappa shape index (κ1) is 4.85. The van der Waals surface area contributed by atoms with Crippen molar-refractivity contribution in [2.24, 2.45) is 5.92 Å². The summed E-state index contributed by atoms with van der Waals surface area (Å²) in [7, 11) is 0. The zero-order chi connectivity index (χ0) is 5.11. The molecule has 7 heavy (non-hydrogen) atoms. The van der Waals surface area contributed by atoms with Crippen LogP contribution in [0.4, 0.5) is 0 Å². The van der Waals surface area contributed by atoms with Crippen LogP contribution in [0.1, 0.15) is 6.42 Å². The van der Waals surface area contributed by atoms with Gasteiger partial charge in [0.25, 0.3) is 0 Å². The molecule has 0 aromatic carbocycles. The molecule has 0 spiro atoms. The van der Waals surface area contributed by atoms with Crippen LogP contribution in [0.2, 0.25) is 0 Å². The number of hydrogen-bond acceptors (Lipinski definition) is 1. The first-order valence-electron chi connectivity index (χ1n) is 2.77. The van der Waals surface area contributed by atoms with E-state index in [2.05, 4.69) is 11.9 Å². The van der Waals surface area contributed by atoms with Crippen molar-refractivity contribution in [3.8, 4) is 0 Å². The van der Waals surface area contributed by atoms with Gasteiger partial charge in [-0.15, -0.1) is 6.58 Å². The molecule has 1 fully saturated rings. The van der Waals surface area contributed by atoms with E-state index in [0.29, 0.717) is 0 Å². The molecule has 1 unspecified atom stereocenters. The average Bonchev–Trinajstić information content (AvgIpc) is 2.14. The lowest BCUT2D eigenvalue weighted by Crippen LogP contribution is -2.06. The van der Waals surface area contributed by atoms with E-state index in [-0.39, 0.29) is 0 Å². The van der Waals surface area contributed by atoms with Crippen molar-refractivity contribution in [2.45, 2.75) is 6.42 Å². The molecule has 1 atom stereocenters. The largest absolute Gasteiger partial charge is 0.316 e. The van der Waals surface area contributed by atoms with Gasteiger partial charge in [0.1, 0.15) is 0 Å². The summed E-state index contributed by atoms with van der Waals surface area (Å²) in [5.41, 5.74) is 0. The topological polar surface area (TPSA) is 12.0 Å². The minimum Gasteiger partial charge on any atom is -0.316 e. The van der Waals surface area contributed by atoms with E-state index < -0.39 is 0 Å². The Morgan fingerprint density at radius 3 is 2.86 bits per heavy atom. The third kappa shape index (κ3) is 1.03. The maximum Gasteiger partial charge on any atom is 0.00145 e. The predicted octanol–water partition coefficient (Wildman–Crippen LogP) is 0.782. The summed E-state index contributed by atoms with van der Waals surface area (Å²) in [6.45, 7) is 6.02. The molecule has 1 rings (SSSR count). The molecule has 0 amide bonds. The van der Waals surface area contributed by atoms with Crippen LogP contribution in [0.3, 0.4) is 0 Å². The standard InChI is InChI=1S/C6H11N/c1-2-6-3-4-7-5-6/h2,6-7H,1,3-5H2. The Bertz CT molecular complexity index is 62.6. The molecule has 40 valence electrons. The predicted molar refractivity (Wildman–Crippen MR) is 31.2 cm³/mol. The fraction of sp³-hybridized carbons (Fsp3) is 0.667. The Morgan fingerprint density at radius 1 is 1.71 bits per heavy atom. The third-order valence-corrected chi connectivity index (χ3v) is 1.43. The average molecular weight is 97.2 g/mol. The van der Waals surface area contributed by atoms with E-state index in [1.54, 1.807) is 0 Å². The van der Waals surface area contributed by atoms with Gasteiger partial charge in [0.2, 0.25) is 0 Å². The second-order valence-corrected chi connectivity index (χ2v) is 1.99. The number of nitrogens with one attached hydrogen (secondary N) is 1. The fourth-order valence-corrected chi connectivity index (χ4v) is 0.878. The van der Waals surface area contributed by atoms with E-state index in [1.807, 2.05) is 6.08 Å². The normalized spacial score (nSPS) is 30.6. The highest BCUT2D eigenvalue weighted by atomic mass is 14.9. The Kier molecular flexibility index (Phi) is 1.47. The minimum absolute atomic E-state index is 0.750. The van der Waals surface area contributed by atoms with Gasteiger partial charge in [-0.25, -0.2) is 0 Å². The van der Waals surface area contributed by atoms with Crippen molar-refractivity contribution in [1.82, 2.24) is 5.32 Å². The summed E-state index contributed by atoms with van der Waals surface area (Å²) in [5, 5.41) is 3.25. The van der Waals surface area contributed by atoms with E-state index in [1.165, 1.54) is 13.0 Å². The molecule has 0 aliphatic carbocycles. The van der Waals surface area contributed by atoms with Crippen molar-refractivity contribution < 1.29 is 0 Å². The highest BCUT2D eigenvalue weighted by Crippen LogP contribution is 2.06. The molecule has 0 aromatic rings. The molecule has 0 saturated carbocycles. The summed E-state index contributed by atoms with van der Waals surface area (Å²) in [6, 6.07) is 0. The molecule has 1 heteroatoms. The van der Waals surface area contributed by atoms with Gasteiger partial charge in [-0.1, -0.05) is 6.08 Å². The van der Waals surface area contributed by atoms with Gasteiger partial charge in [0, 0.05) is 6.54 Å². The summed E-state index contributed by atoms with van der Waals surface area (Å²) >= 11 is 0. The van der Waals surface area contributed by atoms with Crippen LogP contribution < -0.4 is 5.32 Å². The molecule has 1 heterocycles. The van der Waals surface area contributed by atoms with Crippen LogP contribution >= 0.6 is 0 Å². The van der Waals surface area contributed by atoms with Crippen LogP contribution in [0.5, 0.6) is 0 Å². The number of rotatable bonds is 1. The van der Waals surface area contributed by atoms with Crippen molar-refractivity contribution in [3.05, 3.63) is 12.7 Å². The van der Waals surface area contributed by atoms with Crippen LogP contribution in [-0.4, -0.2) is 13.1 Å². The molecule has 1 saturated heterocycles. The lowest BCUT2D eigenvalue weighted by atomic mass is 10.1. The quantitative estimate of drug-likeness (QED) is 0.477. The van der Waals surface area contributed by atoms with Crippen molar-refractivity contribution in [3.63, 3.8) is 0 Å². The fourth-order valence-electron chi connectivity index (χ4n) is 0.878. The molecule has 0 bridgehead atoms. The zero-order valence-electron chi connectivity index (χ0n) is 4.48. The minimum atomic E-state index is 0.750. The third-order valence-electron chi connectivity index (χ3n) is 1.43. The SMILES string of the molecule is C=CC1CCNC1. The molecule has 1 aliphatic heterocycles. The highest BCUT2D eigenvalue weighted by molar-refractivity contribution is 4.84. The van der Waals surface area contributed by atoms with Gasteiger partial charge in [0.05, 0.1) is 0 Å². The maximum atomic E-state index is 3.70. The monoisotopic (exact) mass is 97.1 g/mol. The van der Waals surface area contributed by atoms with Gasteiger partial charge in [-0.3, -0.25) is 0 Å². The lowest BCUT2D eigenvalue weighted by Gasteiger charge is -1.93. The van der Waals surface area contributed by atoms with Gasteiger partial charge in [-0.2, -0.15) is 0 Å². The van der Waals surface area contributed by atoms with Gasteiger partial charge in [0.15, 0.2) is 0 Å². The van der Waals surface area contributed by atoms with Crippen LogP contribution in [-0.2, 0) is 0 Å². The zero-order valence-corrected chi connectivity index (χ0v) is 4.48. The molecule has 1 N–H and O–H groups in total.